The van der Waals surface area contributed by atoms with Crippen molar-refractivity contribution < 1.29 is 9.53 Å². The van der Waals surface area contributed by atoms with Crippen LogP contribution >= 0.6 is 0 Å². The molecule has 0 spiro atoms. The summed E-state index contributed by atoms with van der Waals surface area (Å²) in [7, 11) is 0. The van der Waals surface area contributed by atoms with Gasteiger partial charge in [0.25, 0.3) is 0 Å². The van der Waals surface area contributed by atoms with Crippen molar-refractivity contribution in [2.75, 3.05) is 0 Å². The van der Waals surface area contributed by atoms with Crippen LogP contribution < -0.4 is 11.1 Å². The van der Waals surface area contributed by atoms with E-state index in [1.807, 2.05) is 20.8 Å². The van der Waals surface area contributed by atoms with Gasteiger partial charge in [-0.1, -0.05) is 0 Å². The number of hydrogen-bond donors (Lipinski definition) is 2. The molecule has 4 nitrogen and oxygen atoms in total. The predicted molar refractivity (Wildman–Crippen MR) is 66.6 cm³/mol. The van der Waals surface area contributed by atoms with Crippen LogP contribution in [0.5, 0.6) is 0 Å². The molecule has 0 aromatic carbocycles. The molecule has 0 saturated heterocycles. The van der Waals surface area contributed by atoms with Crippen LogP contribution in [0.15, 0.2) is 0 Å². The highest BCUT2D eigenvalue weighted by Gasteiger charge is 2.41. The molecular weight excluding hydrogens is 216 g/mol. The fourth-order valence-electron chi connectivity index (χ4n) is 3.17. The van der Waals surface area contributed by atoms with Crippen LogP contribution in [-0.2, 0) is 4.74 Å². The summed E-state index contributed by atoms with van der Waals surface area (Å²) in [6, 6.07) is 0.605. The third kappa shape index (κ3) is 3.12. The van der Waals surface area contributed by atoms with Crippen molar-refractivity contribution in [1.29, 1.82) is 0 Å². The van der Waals surface area contributed by atoms with Crippen molar-refractivity contribution in [2.45, 2.75) is 64.1 Å². The van der Waals surface area contributed by atoms with Gasteiger partial charge in [-0.2, -0.15) is 0 Å². The number of nitrogens with two attached hydrogens (primary N) is 1. The molecule has 2 bridgehead atoms. The highest BCUT2D eigenvalue weighted by Crippen LogP contribution is 2.41. The van der Waals surface area contributed by atoms with E-state index in [-0.39, 0.29) is 12.1 Å². The Hall–Kier alpha value is -0.770. The fraction of sp³-hybridized carbons (Fsp3) is 0.923. The predicted octanol–water partition coefficient (Wildman–Crippen LogP) is 2.03. The van der Waals surface area contributed by atoms with Gasteiger partial charge in [0.2, 0.25) is 0 Å². The van der Waals surface area contributed by atoms with E-state index in [4.69, 9.17) is 10.5 Å². The van der Waals surface area contributed by atoms with Crippen molar-refractivity contribution in [3.05, 3.63) is 0 Å². The Kier molecular flexibility index (Phi) is 3.34. The molecule has 2 aliphatic carbocycles. The minimum absolute atomic E-state index is 0.252. The molecule has 0 aliphatic heterocycles. The van der Waals surface area contributed by atoms with Gasteiger partial charge in [-0.25, -0.2) is 4.79 Å². The maximum Gasteiger partial charge on any atom is 0.407 e. The van der Waals surface area contributed by atoms with E-state index in [0.717, 1.165) is 12.8 Å². The quantitative estimate of drug-likeness (QED) is 0.737. The van der Waals surface area contributed by atoms with Crippen molar-refractivity contribution in [3.63, 3.8) is 0 Å². The molecule has 3 N–H and O–H groups in total. The number of amides is 1. The number of rotatable bonds is 1. The number of alkyl carbamates (subject to hydrolysis) is 1. The third-order valence-electron chi connectivity index (χ3n) is 3.89. The van der Waals surface area contributed by atoms with Gasteiger partial charge >= 0.3 is 6.09 Å². The Labute approximate surface area is 103 Å². The fourth-order valence-corrected chi connectivity index (χ4v) is 3.17. The molecule has 4 heteroatoms. The average molecular weight is 240 g/mol. The lowest BCUT2D eigenvalue weighted by atomic mass is 9.82. The number of carbonyl (C=O) groups is 1. The first-order valence-corrected chi connectivity index (χ1v) is 6.60. The van der Waals surface area contributed by atoms with E-state index in [0.29, 0.717) is 17.9 Å². The summed E-state index contributed by atoms with van der Waals surface area (Å²) in [5, 5.41) is 2.98. The minimum Gasteiger partial charge on any atom is -0.444 e. The molecule has 1 amide bonds. The highest BCUT2D eigenvalue weighted by molar-refractivity contribution is 5.68. The molecule has 2 unspecified atom stereocenters. The molecule has 0 aromatic rings. The molecule has 2 atom stereocenters. The number of ether oxygens (including phenoxy) is 1. The smallest absolute Gasteiger partial charge is 0.407 e. The van der Waals surface area contributed by atoms with Crippen molar-refractivity contribution in [1.82, 2.24) is 5.32 Å². The van der Waals surface area contributed by atoms with Gasteiger partial charge in [0.15, 0.2) is 0 Å². The summed E-state index contributed by atoms with van der Waals surface area (Å²) >= 11 is 0. The van der Waals surface area contributed by atoms with Gasteiger partial charge < -0.3 is 15.8 Å². The van der Waals surface area contributed by atoms with E-state index in [9.17, 15) is 4.79 Å². The number of fused-ring (bicyclic) bond motifs is 2. The molecule has 2 saturated carbocycles. The second-order valence-electron chi connectivity index (χ2n) is 6.49. The van der Waals surface area contributed by atoms with Gasteiger partial charge in [0.1, 0.15) is 5.60 Å². The zero-order valence-electron chi connectivity index (χ0n) is 11.0. The summed E-state index contributed by atoms with van der Waals surface area (Å²) in [6.45, 7) is 5.65. The van der Waals surface area contributed by atoms with E-state index < -0.39 is 5.60 Å². The van der Waals surface area contributed by atoms with Crippen molar-refractivity contribution >= 4 is 6.09 Å². The molecule has 0 radical (unpaired) electrons. The Morgan fingerprint density at radius 3 is 2.24 bits per heavy atom. The van der Waals surface area contributed by atoms with Gasteiger partial charge in [0, 0.05) is 12.1 Å². The molecule has 0 heterocycles. The van der Waals surface area contributed by atoms with Gasteiger partial charge in [-0.05, 0) is 58.3 Å². The van der Waals surface area contributed by atoms with Crippen LogP contribution in [0.25, 0.3) is 0 Å². The molecule has 0 aromatic heterocycles. The summed E-state index contributed by atoms with van der Waals surface area (Å²) in [4.78, 5) is 11.7. The van der Waals surface area contributed by atoms with Crippen LogP contribution in [0.3, 0.4) is 0 Å². The topological polar surface area (TPSA) is 64.3 Å². The SMILES string of the molecule is CC(C)(C)OC(=O)NC1CC2CCC(C1)C2N. The molecule has 98 valence electrons. The summed E-state index contributed by atoms with van der Waals surface area (Å²) in [5.41, 5.74) is 5.71. The van der Waals surface area contributed by atoms with Crippen LogP contribution in [0.2, 0.25) is 0 Å². The van der Waals surface area contributed by atoms with E-state index in [1.54, 1.807) is 0 Å². The monoisotopic (exact) mass is 240 g/mol. The lowest BCUT2D eigenvalue weighted by molar-refractivity contribution is 0.0478. The zero-order chi connectivity index (χ0) is 12.6. The second kappa shape index (κ2) is 4.48. The molecule has 2 fully saturated rings. The Balaban J connectivity index is 1.83. The first-order chi connectivity index (χ1) is 7.85. The first kappa shape index (κ1) is 12.7. The maximum atomic E-state index is 11.7. The second-order valence-corrected chi connectivity index (χ2v) is 6.49. The van der Waals surface area contributed by atoms with E-state index in [1.165, 1.54) is 12.8 Å². The van der Waals surface area contributed by atoms with E-state index in [2.05, 4.69) is 5.32 Å². The zero-order valence-corrected chi connectivity index (χ0v) is 11.0. The molecule has 2 rings (SSSR count). The largest absolute Gasteiger partial charge is 0.444 e. The van der Waals surface area contributed by atoms with E-state index >= 15 is 0 Å². The number of carbonyl (C=O) groups excluding carboxylic acids is 1. The molecule has 2 aliphatic rings. The van der Waals surface area contributed by atoms with Crippen LogP contribution in [-0.4, -0.2) is 23.8 Å². The van der Waals surface area contributed by atoms with Crippen LogP contribution in [0, 0.1) is 11.8 Å². The molecular formula is C13H24N2O2. The Morgan fingerprint density at radius 1 is 1.24 bits per heavy atom. The minimum atomic E-state index is -0.422. The summed E-state index contributed by atoms with van der Waals surface area (Å²) < 4.78 is 5.28. The van der Waals surface area contributed by atoms with Gasteiger partial charge in [-0.3, -0.25) is 0 Å². The van der Waals surface area contributed by atoms with Gasteiger partial charge in [0.05, 0.1) is 0 Å². The van der Waals surface area contributed by atoms with Crippen LogP contribution in [0.4, 0.5) is 4.79 Å². The average Bonchev–Trinajstić information content (AvgIpc) is 2.42. The van der Waals surface area contributed by atoms with Crippen LogP contribution in [0.1, 0.15) is 46.5 Å². The standard InChI is InChI=1S/C13H24N2O2/c1-13(2,3)17-12(16)15-10-6-8-4-5-9(7-10)11(8)14/h8-11H,4-7,14H2,1-3H3,(H,15,16). The summed E-state index contributed by atoms with van der Waals surface area (Å²) in [5.74, 6) is 1.18. The number of hydrogen-bond acceptors (Lipinski definition) is 3. The Bertz CT molecular complexity index is 284. The first-order valence-electron chi connectivity index (χ1n) is 6.60. The maximum absolute atomic E-state index is 11.7. The lowest BCUT2D eigenvalue weighted by Crippen LogP contribution is -2.47. The summed E-state index contributed by atoms with van der Waals surface area (Å²) in [6.07, 6.45) is 4.17. The third-order valence-corrected chi connectivity index (χ3v) is 3.89. The molecule has 17 heavy (non-hydrogen) atoms. The lowest BCUT2D eigenvalue weighted by Gasteiger charge is -2.33. The normalized spacial score (nSPS) is 36.7. The number of nitrogens with one attached hydrogen (secondary N) is 1. The van der Waals surface area contributed by atoms with Crippen molar-refractivity contribution in [3.8, 4) is 0 Å². The van der Waals surface area contributed by atoms with Crippen molar-refractivity contribution in [2.24, 2.45) is 17.6 Å². The van der Waals surface area contributed by atoms with Gasteiger partial charge in [-0.15, -0.1) is 0 Å². The highest BCUT2D eigenvalue weighted by atomic mass is 16.6. The Morgan fingerprint density at radius 2 is 1.76 bits per heavy atom.